The molecule has 0 aliphatic carbocycles. The number of rotatable bonds is 1. The molecule has 0 fully saturated rings. The van der Waals surface area contributed by atoms with Gasteiger partial charge in [-0.3, -0.25) is 10.1 Å². The van der Waals surface area contributed by atoms with Crippen LogP contribution in [0.25, 0.3) is 0 Å². The first-order valence-corrected chi connectivity index (χ1v) is 6.14. The summed E-state index contributed by atoms with van der Waals surface area (Å²) in [4.78, 5) is 11.6. The van der Waals surface area contributed by atoms with Crippen molar-refractivity contribution in [1.29, 1.82) is 0 Å². The predicted octanol–water partition coefficient (Wildman–Crippen LogP) is 3.53. The molecule has 0 aromatic heterocycles. The van der Waals surface area contributed by atoms with Crippen molar-refractivity contribution >= 4 is 33.4 Å². The monoisotopic (exact) mass is 273 g/mol. The Morgan fingerprint density at radius 2 is 2.36 bits per heavy atom. The molecule has 14 heavy (non-hydrogen) atoms. The van der Waals surface area contributed by atoms with Gasteiger partial charge in [-0.15, -0.1) is 11.8 Å². The number of halogens is 1. The number of benzene rings is 1. The molecule has 2 rings (SSSR count). The van der Waals surface area contributed by atoms with E-state index >= 15 is 0 Å². The highest BCUT2D eigenvalue weighted by molar-refractivity contribution is 9.09. The minimum atomic E-state index is -0.348. The molecule has 5 heteroatoms. The van der Waals surface area contributed by atoms with Crippen LogP contribution >= 0.6 is 27.7 Å². The van der Waals surface area contributed by atoms with E-state index in [0.717, 1.165) is 22.6 Å². The fourth-order valence-corrected chi connectivity index (χ4v) is 3.62. The molecule has 74 valence electrons. The Hall–Kier alpha value is -0.550. The Morgan fingerprint density at radius 1 is 1.57 bits per heavy atom. The summed E-state index contributed by atoms with van der Waals surface area (Å²) in [6.45, 7) is 0. The third-order valence-corrected chi connectivity index (χ3v) is 4.24. The number of non-ortho nitro benzene ring substituents is 1. The van der Waals surface area contributed by atoms with Gasteiger partial charge >= 0.3 is 0 Å². The van der Waals surface area contributed by atoms with E-state index in [9.17, 15) is 10.1 Å². The highest BCUT2D eigenvalue weighted by Crippen LogP contribution is 2.42. The maximum Gasteiger partial charge on any atom is 0.269 e. The summed E-state index contributed by atoms with van der Waals surface area (Å²) in [6.07, 6.45) is 1.03. The van der Waals surface area contributed by atoms with E-state index in [1.807, 2.05) is 6.07 Å². The van der Waals surface area contributed by atoms with Gasteiger partial charge in [0.2, 0.25) is 0 Å². The third-order valence-electron chi connectivity index (χ3n) is 2.17. The van der Waals surface area contributed by atoms with Gasteiger partial charge in [0, 0.05) is 21.9 Å². The molecule has 0 amide bonds. The van der Waals surface area contributed by atoms with Crippen molar-refractivity contribution < 1.29 is 4.92 Å². The van der Waals surface area contributed by atoms with Crippen LogP contribution in [0.2, 0.25) is 0 Å². The number of hydrogen-bond acceptors (Lipinski definition) is 3. The lowest BCUT2D eigenvalue weighted by molar-refractivity contribution is -0.385. The van der Waals surface area contributed by atoms with Crippen LogP contribution in [0.4, 0.5) is 5.69 Å². The average molecular weight is 274 g/mol. The second kappa shape index (κ2) is 3.90. The zero-order chi connectivity index (χ0) is 10.1. The van der Waals surface area contributed by atoms with Crippen molar-refractivity contribution in [1.82, 2.24) is 0 Å². The van der Waals surface area contributed by atoms with Crippen molar-refractivity contribution in [3.8, 4) is 0 Å². The molecule has 1 heterocycles. The lowest BCUT2D eigenvalue weighted by Gasteiger charge is -2.19. The maximum absolute atomic E-state index is 10.6. The third kappa shape index (κ3) is 1.79. The van der Waals surface area contributed by atoms with Crippen molar-refractivity contribution in [3.63, 3.8) is 0 Å². The van der Waals surface area contributed by atoms with Crippen LogP contribution < -0.4 is 0 Å². The normalized spacial score (nSPS) is 20.2. The molecule has 0 bridgehead atoms. The summed E-state index contributed by atoms with van der Waals surface area (Å²) in [5.41, 5.74) is 1.23. The van der Waals surface area contributed by atoms with Crippen molar-refractivity contribution in [2.45, 2.75) is 16.1 Å². The summed E-state index contributed by atoms with van der Waals surface area (Å²) < 4.78 is 0. The zero-order valence-electron chi connectivity index (χ0n) is 7.27. The minimum absolute atomic E-state index is 0.177. The standard InChI is InChI=1S/C9H8BrNO2S/c10-8-3-4-14-9-2-1-6(11(12)13)5-7(8)9/h1-2,5,8H,3-4H2. The first-order valence-electron chi connectivity index (χ1n) is 4.23. The minimum Gasteiger partial charge on any atom is -0.258 e. The molecule has 1 aliphatic heterocycles. The fourth-order valence-electron chi connectivity index (χ4n) is 1.45. The number of nitrogens with zero attached hydrogens (tertiary/aromatic N) is 1. The van der Waals surface area contributed by atoms with Crippen LogP contribution in [-0.4, -0.2) is 10.7 Å². The number of nitro benzene ring substituents is 1. The molecular weight excluding hydrogens is 266 g/mol. The number of fused-ring (bicyclic) bond motifs is 1. The summed E-state index contributed by atoms with van der Waals surface area (Å²) in [5.74, 6) is 1.07. The van der Waals surface area contributed by atoms with Gasteiger partial charge in [-0.2, -0.15) is 0 Å². The molecule has 0 saturated heterocycles. The molecule has 0 radical (unpaired) electrons. The quantitative estimate of drug-likeness (QED) is 0.447. The molecule has 1 aromatic carbocycles. The van der Waals surface area contributed by atoms with Crippen LogP contribution in [0.15, 0.2) is 23.1 Å². The highest BCUT2D eigenvalue weighted by atomic mass is 79.9. The molecule has 1 aliphatic rings. The number of hydrogen-bond donors (Lipinski definition) is 0. The van der Waals surface area contributed by atoms with Crippen molar-refractivity contribution in [2.24, 2.45) is 0 Å². The van der Waals surface area contributed by atoms with E-state index < -0.39 is 0 Å². The van der Waals surface area contributed by atoms with Gasteiger partial charge in [0.05, 0.1) is 4.92 Å². The summed E-state index contributed by atoms with van der Waals surface area (Å²) in [6, 6.07) is 5.07. The van der Waals surface area contributed by atoms with Gasteiger partial charge in [-0.25, -0.2) is 0 Å². The Morgan fingerprint density at radius 3 is 3.07 bits per heavy atom. The first kappa shape index (κ1) is 9.98. The number of alkyl halides is 1. The number of nitro groups is 1. The largest absolute Gasteiger partial charge is 0.269 e. The number of thioether (sulfide) groups is 1. The molecular formula is C9H8BrNO2S. The Bertz CT molecular complexity index is 383. The predicted molar refractivity (Wildman–Crippen MR) is 60.1 cm³/mol. The molecule has 0 N–H and O–H groups in total. The van der Waals surface area contributed by atoms with Crippen LogP contribution in [-0.2, 0) is 0 Å². The lowest BCUT2D eigenvalue weighted by Crippen LogP contribution is -2.02. The van der Waals surface area contributed by atoms with Gasteiger partial charge in [0.1, 0.15) is 0 Å². The molecule has 1 atom stereocenters. The first-order chi connectivity index (χ1) is 6.68. The van der Waals surface area contributed by atoms with E-state index in [1.165, 1.54) is 0 Å². The van der Waals surface area contributed by atoms with Crippen molar-refractivity contribution in [2.75, 3.05) is 5.75 Å². The SMILES string of the molecule is O=[N+]([O-])c1ccc2c(c1)C(Br)CCS2. The summed E-state index contributed by atoms with van der Waals surface area (Å²) >= 11 is 5.29. The van der Waals surface area contributed by atoms with Gasteiger partial charge in [0.25, 0.3) is 5.69 Å². The van der Waals surface area contributed by atoms with Crippen molar-refractivity contribution in [3.05, 3.63) is 33.9 Å². The van der Waals surface area contributed by atoms with Gasteiger partial charge in [-0.1, -0.05) is 15.9 Å². The lowest BCUT2D eigenvalue weighted by atomic mass is 10.1. The molecule has 0 saturated carbocycles. The Kier molecular flexibility index (Phi) is 2.78. The Balaban J connectivity index is 2.45. The Labute approximate surface area is 94.2 Å². The van der Waals surface area contributed by atoms with Crippen LogP contribution in [0, 0.1) is 10.1 Å². The smallest absolute Gasteiger partial charge is 0.258 e. The molecule has 1 unspecified atom stereocenters. The zero-order valence-corrected chi connectivity index (χ0v) is 9.68. The topological polar surface area (TPSA) is 43.1 Å². The average Bonchev–Trinajstić information content (AvgIpc) is 2.18. The second-order valence-electron chi connectivity index (χ2n) is 3.08. The fraction of sp³-hybridized carbons (Fsp3) is 0.333. The second-order valence-corrected chi connectivity index (χ2v) is 5.33. The summed E-state index contributed by atoms with van der Waals surface area (Å²) in [7, 11) is 0. The van der Waals surface area contributed by atoms with E-state index in [1.54, 1.807) is 23.9 Å². The molecule has 3 nitrogen and oxygen atoms in total. The van der Waals surface area contributed by atoms with Crippen LogP contribution in [0.5, 0.6) is 0 Å². The van der Waals surface area contributed by atoms with Crippen LogP contribution in [0.1, 0.15) is 16.8 Å². The maximum atomic E-state index is 10.6. The summed E-state index contributed by atoms with van der Waals surface area (Å²) in [5, 5.41) is 10.6. The van der Waals surface area contributed by atoms with E-state index in [2.05, 4.69) is 15.9 Å². The van der Waals surface area contributed by atoms with E-state index in [-0.39, 0.29) is 15.4 Å². The van der Waals surface area contributed by atoms with Gasteiger partial charge in [-0.05, 0) is 23.8 Å². The molecule has 1 aromatic rings. The van der Waals surface area contributed by atoms with Gasteiger partial charge < -0.3 is 0 Å². The van der Waals surface area contributed by atoms with E-state index in [0.29, 0.717) is 0 Å². The molecule has 0 spiro atoms. The highest BCUT2D eigenvalue weighted by Gasteiger charge is 2.20. The van der Waals surface area contributed by atoms with Crippen LogP contribution in [0.3, 0.4) is 0 Å². The van der Waals surface area contributed by atoms with Gasteiger partial charge in [0.15, 0.2) is 0 Å². The van der Waals surface area contributed by atoms with E-state index in [4.69, 9.17) is 0 Å².